The van der Waals surface area contributed by atoms with Gasteiger partial charge in [-0.25, -0.2) is 4.79 Å². The Bertz CT molecular complexity index is 477. The van der Waals surface area contributed by atoms with Crippen molar-refractivity contribution in [3.05, 3.63) is 29.8 Å². The standard InChI is InChI=1S/C14H18N4O/c15-9-10-5-7-11(8-6-10)17-14(19)18-13-4-2-1-3-12(13)16/h5-8,12-13H,1-4,16H2,(H2,17,18,19)/t12-,13-/m1/s1. The number of hydrogen-bond acceptors (Lipinski definition) is 3. The summed E-state index contributed by atoms with van der Waals surface area (Å²) in [6.07, 6.45) is 4.13. The molecule has 1 fully saturated rings. The molecule has 1 aliphatic rings. The third-order valence-electron chi connectivity index (χ3n) is 3.41. The fourth-order valence-corrected chi connectivity index (χ4v) is 2.30. The van der Waals surface area contributed by atoms with E-state index >= 15 is 0 Å². The van der Waals surface area contributed by atoms with Gasteiger partial charge in [-0.05, 0) is 37.1 Å². The molecule has 2 atom stereocenters. The highest BCUT2D eigenvalue weighted by Gasteiger charge is 2.23. The van der Waals surface area contributed by atoms with E-state index in [9.17, 15) is 4.79 Å². The minimum Gasteiger partial charge on any atom is -0.334 e. The van der Waals surface area contributed by atoms with E-state index in [1.54, 1.807) is 24.3 Å². The number of hydrogen-bond donors (Lipinski definition) is 3. The number of nitrogens with one attached hydrogen (secondary N) is 2. The van der Waals surface area contributed by atoms with Gasteiger partial charge < -0.3 is 16.4 Å². The Balaban J connectivity index is 1.88. The van der Waals surface area contributed by atoms with Crippen LogP contribution in [-0.4, -0.2) is 18.1 Å². The molecule has 100 valence electrons. The van der Waals surface area contributed by atoms with E-state index in [0.29, 0.717) is 11.3 Å². The van der Waals surface area contributed by atoms with Crippen LogP contribution in [-0.2, 0) is 0 Å². The van der Waals surface area contributed by atoms with Crippen LogP contribution in [0.15, 0.2) is 24.3 Å². The van der Waals surface area contributed by atoms with Crippen molar-refractivity contribution >= 4 is 11.7 Å². The SMILES string of the molecule is N#Cc1ccc(NC(=O)N[C@@H]2CCCC[C@H]2N)cc1. The maximum Gasteiger partial charge on any atom is 0.319 e. The molecule has 0 bridgehead atoms. The van der Waals surface area contributed by atoms with E-state index in [1.165, 1.54) is 0 Å². The number of anilines is 1. The zero-order valence-electron chi connectivity index (χ0n) is 10.7. The first kappa shape index (κ1) is 13.4. The lowest BCUT2D eigenvalue weighted by Gasteiger charge is -2.29. The number of nitrogens with zero attached hydrogens (tertiary/aromatic N) is 1. The summed E-state index contributed by atoms with van der Waals surface area (Å²) in [5.74, 6) is 0. The molecule has 0 aliphatic heterocycles. The van der Waals surface area contributed by atoms with E-state index < -0.39 is 0 Å². The lowest BCUT2D eigenvalue weighted by molar-refractivity contribution is 0.240. The van der Waals surface area contributed by atoms with Crippen LogP contribution in [0.2, 0.25) is 0 Å². The van der Waals surface area contributed by atoms with Crippen molar-refractivity contribution in [2.45, 2.75) is 37.8 Å². The van der Waals surface area contributed by atoms with E-state index in [-0.39, 0.29) is 18.1 Å². The van der Waals surface area contributed by atoms with Crippen molar-refractivity contribution in [3.63, 3.8) is 0 Å². The number of nitrogens with two attached hydrogens (primary N) is 1. The summed E-state index contributed by atoms with van der Waals surface area (Å²) in [5, 5.41) is 14.3. The maximum atomic E-state index is 11.8. The fourth-order valence-electron chi connectivity index (χ4n) is 2.30. The summed E-state index contributed by atoms with van der Waals surface area (Å²) in [6.45, 7) is 0. The van der Waals surface area contributed by atoms with Crippen LogP contribution in [0.25, 0.3) is 0 Å². The van der Waals surface area contributed by atoms with Crippen LogP contribution in [0.1, 0.15) is 31.2 Å². The Morgan fingerprint density at radius 1 is 1.26 bits per heavy atom. The summed E-state index contributed by atoms with van der Waals surface area (Å²) in [5.41, 5.74) is 7.22. The average Bonchev–Trinajstić information content (AvgIpc) is 2.42. The van der Waals surface area contributed by atoms with Gasteiger partial charge in [-0.3, -0.25) is 0 Å². The summed E-state index contributed by atoms with van der Waals surface area (Å²) < 4.78 is 0. The van der Waals surface area contributed by atoms with Crippen LogP contribution >= 0.6 is 0 Å². The van der Waals surface area contributed by atoms with E-state index in [2.05, 4.69) is 10.6 Å². The van der Waals surface area contributed by atoms with Crippen LogP contribution in [0, 0.1) is 11.3 Å². The molecule has 1 aliphatic carbocycles. The van der Waals surface area contributed by atoms with Crippen molar-refractivity contribution in [1.29, 1.82) is 5.26 Å². The van der Waals surface area contributed by atoms with Gasteiger partial charge in [0.15, 0.2) is 0 Å². The lowest BCUT2D eigenvalue weighted by atomic mass is 9.91. The molecular weight excluding hydrogens is 240 g/mol. The van der Waals surface area contributed by atoms with Crippen LogP contribution in [0.3, 0.4) is 0 Å². The van der Waals surface area contributed by atoms with Crippen LogP contribution in [0.4, 0.5) is 10.5 Å². The molecule has 2 rings (SSSR count). The van der Waals surface area contributed by atoms with E-state index in [4.69, 9.17) is 11.0 Å². The van der Waals surface area contributed by atoms with Gasteiger partial charge in [0.05, 0.1) is 11.6 Å². The Labute approximate surface area is 112 Å². The predicted octanol–water partition coefficient (Wildman–Crippen LogP) is 1.95. The molecule has 4 N–H and O–H groups in total. The Morgan fingerprint density at radius 2 is 1.95 bits per heavy atom. The van der Waals surface area contributed by atoms with Gasteiger partial charge in [0.25, 0.3) is 0 Å². The molecule has 5 nitrogen and oxygen atoms in total. The van der Waals surface area contributed by atoms with Crippen molar-refractivity contribution in [2.24, 2.45) is 5.73 Å². The van der Waals surface area contributed by atoms with Crippen molar-refractivity contribution in [1.82, 2.24) is 5.32 Å². The summed E-state index contributed by atoms with van der Waals surface area (Å²) in [6, 6.07) is 8.63. The van der Waals surface area contributed by atoms with Gasteiger partial charge in [0.2, 0.25) is 0 Å². The average molecular weight is 258 g/mol. The molecule has 2 amide bonds. The third kappa shape index (κ3) is 3.70. The molecular formula is C14H18N4O. The molecule has 1 aromatic carbocycles. The van der Waals surface area contributed by atoms with Crippen LogP contribution in [0.5, 0.6) is 0 Å². The summed E-state index contributed by atoms with van der Waals surface area (Å²) in [7, 11) is 0. The van der Waals surface area contributed by atoms with Gasteiger partial charge in [0.1, 0.15) is 0 Å². The molecule has 19 heavy (non-hydrogen) atoms. The molecule has 0 saturated heterocycles. The maximum absolute atomic E-state index is 11.8. The first-order valence-electron chi connectivity index (χ1n) is 6.52. The van der Waals surface area contributed by atoms with Gasteiger partial charge in [-0.15, -0.1) is 0 Å². The topological polar surface area (TPSA) is 90.9 Å². The smallest absolute Gasteiger partial charge is 0.319 e. The number of amides is 2. The monoisotopic (exact) mass is 258 g/mol. The van der Waals surface area contributed by atoms with Crippen LogP contribution < -0.4 is 16.4 Å². The quantitative estimate of drug-likeness (QED) is 0.757. The number of carbonyl (C=O) groups excluding carboxylic acids is 1. The number of nitriles is 1. The predicted molar refractivity (Wildman–Crippen MR) is 73.5 cm³/mol. The second kappa shape index (κ2) is 6.21. The third-order valence-corrected chi connectivity index (χ3v) is 3.41. The Kier molecular flexibility index (Phi) is 4.37. The Morgan fingerprint density at radius 3 is 2.58 bits per heavy atom. The molecule has 0 spiro atoms. The summed E-state index contributed by atoms with van der Waals surface area (Å²) in [4.78, 5) is 11.8. The minimum atomic E-state index is -0.243. The van der Waals surface area contributed by atoms with Crippen molar-refractivity contribution < 1.29 is 4.79 Å². The molecule has 0 heterocycles. The highest BCUT2D eigenvalue weighted by atomic mass is 16.2. The second-order valence-corrected chi connectivity index (χ2v) is 4.84. The fraction of sp³-hybridized carbons (Fsp3) is 0.429. The van der Waals surface area contributed by atoms with Gasteiger partial charge in [0, 0.05) is 17.8 Å². The molecule has 5 heteroatoms. The van der Waals surface area contributed by atoms with E-state index in [1.807, 2.05) is 6.07 Å². The van der Waals surface area contributed by atoms with Gasteiger partial charge in [-0.1, -0.05) is 12.8 Å². The lowest BCUT2D eigenvalue weighted by Crippen LogP contribution is -2.50. The number of benzene rings is 1. The molecule has 1 saturated carbocycles. The first-order chi connectivity index (χ1) is 9.19. The van der Waals surface area contributed by atoms with E-state index in [0.717, 1.165) is 25.7 Å². The van der Waals surface area contributed by atoms with Gasteiger partial charge in [-0.2, -0.15) is 5.26 Å². The normalized spacial score (nSPS) is 22.3. The van der Waals surface area contributed by atoms with Gasteiger partial charge >= 0.3 is 6.03 Å². The van der Waals surface area contributed by atoms with Crippen molar-refractivity contribution in [2.75, 3.05) is 5.32 Å². The molecule has 1 aromatic rings. The number of carbonyl (C=O) groups is 1. The summed E-state index contributed by atoms with van der Waals surface area (Å²) >= 11 is 0. The zero-order valence-corrected chi connectivity index (χ0v) is 10.7. The van der Waals surface area contributed by atoms with Crippen molar-refractivity contribution in [3.8, 4) is 6.07 Å². The molecule has 0 radical (unpaired) electrons. The number of rotatable bonds is 2. The molecule has 0 aromatic heterocycles. The highest BCUT2D eigenvalue weighted by molar-refractivity contribution is 5.89. The minimum absolute atomic E-state index is 0.0421. The number of urea groups is 1. The highest BCUT2D eigenvalue weighted by Crippen LogP contribution is 2.17. The first-order valence-corrected chi connectivity index (χ1v) is 6.52. The zero-order chi connectivity index (χ0) is 13.7. The Hall–Kier alpha value is -2.06. The second-order valence-electron chi connectivity index (χ2n) is 4.84. The largest absolute Gasteiger partial charge is 0.334 e. The molecule has 0 unspecified atom stereocenters.